The van der Waals surface area contributed by atoms with Crippen LogP contribution in [0.5, 0.6) is 0 Å². The lowest BCUT2D eigenvalue weighted by Gasteiger charge is -2.31. The molecule has 37 heavy (non-hydrogen) atoms. The Hall–Kier alpha value is -2.56. The lowest BCUT2D eigenvalue weighted by molar-refractivity contribution is -0.200. The first-order valence-electron chi connectivity index (χ1n) is 12.7. The van der Waals surface area contributed by atoms with Gasteiger partial charge >= 0.3 is 0 Å². The summed E-state index contributed by atoms with van der Waals surface area (Å²) in [7, 11) is -3.62. The summed E-state index contributed by atoms with van der Waals surface area (Å²) >= 11 is 1.44. The van der Waals surface area contributed by atoms with Crippen LogP contribution < -0.4 is 10.8 Å². The number of hydrogen-bond acceptors (Lipinski definition) is 7. The highest BCUT2D eigenvalue weighted by Gasteiger charge is 2.48. The number of amides is 1. The second-order valence-electron chi connectivity index (χ2n) is 9.54. The summed E-state index contributed by atoms with van der Waals surface area (Å²) in [4.78, 5) is 20.1. The molecule has 7 nitrogen and oxygen atoms in total. The molecule has 196 valence electrons. The summed E-state index contributed by atoms with van der Waals surface area (Å²) in [6, 6.07) is 22.2. The Morgan fingerprint density at radius 2 is 1.76 bits per heavy atom. The summed E-state index contributed by atoms with van der Waals surface area (Å²) < 4.78 is 31.5. The molecule has 2 saturated heterocycles. The van der Waals surface area contributed by atoms with E-state index >= 15 is 0 Å². The third kappa shape index (κ3) is 5.81. The van der Waals surface area contributed by atoms with E-state index in [1.807, 2.05) is 30.3 Å². The second-order valence-corrected chi connectivity index (χ2v) is 13.0. The molecule has 3 heterocycles. The Bertz CT molecular complexity index is 1300. The van der Waals surface area contributed by atoms with E-state index in [-0.39, 0.29) is 12.2 Å². The highest BCUT2D eigenvalue weighted by Crippen LogP contribution is 2.44. The van der Waals surface area contributed by atoms with E-state index in [0.29, 0.717) is 37.4 Å². The number of benzene rings is 2. The van der Waals surface area contributed by atoms with Crippen molar-refractivity contribution in [1.82, 2.24) is 10.8 Å². The van der Waals surface area contributed by atoms with E-state index in [2.05, 4.69) is 47.2 Å². The highest BCUT2D eigenvalue weighted by atomic mass is 32.2. The van der Waals surface area contributed by atoms with Gasteiger partial charge in [-0.1, -0.05) is 54.6 Å². The van der Waals surface area contributed by atoms with Gasteiger partial charge in [-0.2, -0.15) is 0 Å². The Balaban J connectivity index is 1.39. The predicted molar refractivity (Wildman–Crippen MR) is 146 cm³/mol. The van der Waals surface area contributed by atoms with Gasteiger partial charge in [0.05, 0.1) is 12.2 Å². The van der Waals surface area contributed by atoms with Crippen LogP contribution in [0.15, 0.2) is 66.7 Å². The Labute approximate surface area is 222 Å². The maximum atomic E-state index is 13.6. The first-order valence-corrected chi connectivity index (χ1v) is 15.2. The summed E-state index contributed by atoms with van der Waals surface area (Å²) in [6.45, 7) is 1.48. The van der Waals surface area contributed by atoms with E-state index < -0.39 is 26.8 Å². The summed E-state index contributed by atoms with van der Waals surface area (Å²) in [5.74, 6) is -0.479. The van der Waals surface area contributed by atoms with E-state index in [1.165, 1.54) is 11.3 Å². The predicted octanol–water partition coefficient (Wildman–Crippen LogP) is 4.65. The molecule has 2 aliphatic heterocycles. The fourth-order valence-corrected chi connectivity index (χ4v) is 8.53. The van der Waals surface area contributed by atoms with Crippen LogP contribution in [-0.2, 0) is 29.0 Å². The number of hydroxylamine groups is 1. The van der Waals surface area contributed by atoms with Crippen LogP contribution in [0.4, 0.5) is 0 Å². The zero-order valence-corrected chi connectivity index (χ0v) is 22.3. The number of carbonyl (C=O) groups is 1. The number of sulfone groups is 1. The normalized spacial score (nSPS) is 23.7. The maximum Gasteiger partial charge on any atom is 0.245 e. The minimum Gasteiger partial charge on any atom is -0.350 e. The van der Waals surface area contributed by atoms with Gasteiger partial charge in [0.1, 0.15) is 4.75 Å². The smallest absolute Gasteiger partial charge is 0.245 e. The molecule has 2 fully saturated rings. The Kier molecular flexibility index (Phi) is 8.07. The van der Waals surface area contributed by atoms with Crippen molar-refractivity contribution < 1.29 is 22.8 Å². The number of ether oxygens (including phenoxy) is 1. The third-order valence-electron chi connectivity index (χ3n) is 7.07. The molecular formula is C28H32N2O5S2. The molecule has 2 N–H and O–H groups in total. The summed E-state index contributed by atoms with van der Waals surface area (Å²) in [6.07, 6.45) is 2.26. The van der Waals surface area contributed by atoms with E-state index in [4.69, 9.17) is 9.57 Å². The Morgan fingerprint density at radius 1 is 1.00 bits per heavy atom. The van der Waals surface area contributed by atoms with Crippen molar-refractivity contribution in [3.63, 3.8) is 0 Å². The van der Waals surface area contributed by atoms with Crippen LogP contribution in [0.3, 0.4) is 0 Å². The van der Waals surface area contributed by atoms with Crippen LogP contribution >= 0.6 is 11.3 Å². The van der Waals surface area contributed by atoms with Crippen LogP contribution in [-0.4, -0.2) is 46.1 Å². The molecule has 1 aromatic heterocycles. The van der Waals surface area contributed by atoms with Crippen LogP contribution in [0.1, 0.15) is 37.0 Å². The molecule has 0 radical (unpaired) electrons. The van der Waals surface area contributed by atoms with Crippen LogP contribution in [0, 0.1) is 0 Å². The lowest BCUT2D eigenvalue weighted by Crippen LogP contribution is -2.43. The fraction of sp³-hybridized carbons (Fsp3) is 0.393. The average molecular weight is 541 g/mol. The van der Waals surface area contributed by atoms with Crippen molar-refractivity contribution in [2.24, 2.45) is 0 Å². The van der Waals surface area contributed by atoms with Gasteiger partial charge in [-0.3, -0.25) is 4.79 Å². The minimum atomic E-state index is -3.62. The molecule has 0 saturated carbocycles. The molecule has 9 heteroatoms. The quantitative estimate of drug-likeness (QED) is 0.424. The van der Waals surface area contributed by atoms with Crippen LogP contribution in [0.2, 0.25) is 0 Å². The van der Waals surface area contributed by atoms with Crippen molar-refractivity contribution in [3.05, 3.63) is 71.6 Å². The molecule has 3 aromatic rings. The average Bonchev–Trinajstić information content (AvgIpc) is 3.37. The minimum absolute atomic E-state index is 0.0219. The molecule has 5 rings (SSSR count). The van der Waals surface area contributed by atoms with Crippen molar-refractivity contribution in [1.29, 1.82) is 0 Å². The number of carbonyl (C=O) groups excluding carboxylic acids is 1. The van der Waals surface area contributed by atoms with Gasteiger partial charge in [-0.15, -0.1) is 11.3 Å². The topological polar surface area (TPSA) is 93.7 Å². The van der Waals surface area contributed by atoms with Gasteiger partial charge in [-0.25, -0.2) is 18.7 Å². The van der Waals surface area contributed by atoms with Gasteiger partial charge in [0.15, 0.2) is 16.1 Å². The number of nitrogens with one attached hydrogen (secondary N) is 2. The summed E-state index contributed by atoms with van der Waals surface area (Å²) in [5, 5.41) is 3.19. The van der Waals surface area contributed by atoms with Gasteiger partial charge < -0.3 is 10.1 Å². The highest BCUT2D eigenvalue weighted by molar-refractivity contribution is 7.92. The monoisotopic (exact) mass is 540 g/mol. The van der Waals surface area contributed by atoms with Gasteiger partial charge in [0.2, 0.25) is 5.91 Å². The van der Waals surface area contributed by atoms with E-state index in [9.17, 15) is 13.2 Å². The van der Waals surface area contributed by atoms with Crippen LogP contribution in [0.25, 0.3) is 21.6 Å². The molecule has 2 unspecified atom stereocenters. The molecule has 0 aliphatic carbocycles. The Morgan fingerprint density at radius 3 is 2.51 bits per heavy atom. The molecular weight excluding hydrogens is 508 g/mol. The van der Waals surface area contributed by atoms with E-state index in [0.717, 1.165) is 34.4 Å². The van der Waals surface area contributed by atoms with Crippen molar-refractivity contribution in [3.8, 4) is 21.6 Å². The molecule has 0 bridgehead atoms. The first kappa shape index (κ1) is 26.1. The van der Waals surface area contributed by atoms with Crippen molar-refractivity contribution in [2.75, 3.05) is 25.4 Å². The van der Waals surface area contributed by atoms with Crippen molar-refractivity contribution >= 4 is 27.1 Å². The SMILES string of the molecule is O=C(CC1(c2ccc(-c3ccc(-c4ccccc4)cc3)s2)CCNCCS1(=O)=O)NOC1CCCCO1. The third-order valence-corrected chi connectivity index (χ3v) is 11.0. The summed E-state index contributed by atoms with van der Waals surface area (Å²) in [5.41, 5.74) is 5.74. The molecule has 1 amide bonds. The van der Waals surface area contributed by atoms with Gasteiger partial charge in [-0.05, 0) is 54.6 Å². The number of thiophene rings is 1. The van der Waals surface area contributed by atoms with Gasteiger partial charge in [0, 0.05) is 29.3 Å². The lowest BCUT2D eigenvalue weighted by atomic mass is 9.97. The molecule has 0 spiro atoms. The first-order chi connectivity index (χ1) is 18.0. The molecule has 2 atom stereocenters. The maximum absolute atomic E-state index is 13.6. The van der Waals surface area contributed by atoms with E-state index in [1.54, 1.807) is 0 Å². The largest absolute Gasteiger partial charge is 0.350 e. The molecule has 2 aliphatic rings. The number of hydrogen-bond donors (Lipinski definition) is 2. The standard InChI is InChI=1S/C28H32N2O5S2/c31-26(30-35-27-8-4-5-18-34-27)20-28(15-16-29-17-19-37(28,32)33)25-14-13-24(36-25)23-11-9-22(10-12-23)21-6-2-1-3-7-21/h1-3,6-7,9-14,27,29H,4-5,8,15-20H2,(H,30,31). The van der Waals surface area contributed by atoms with Gasteiger partial charge in [0.25, 0.3) is 0 Å². The second kappa shape index (κ2) is 11.4. The van der Waals surface area contributed by atoms with Crippen molar-refractivity contribution in [2.45, 2.75) is 43.1 Å². The molecule has 2 aromatic carbocycles. The zero-order valence-electron chi connectivity index (χ0n) is 20.6. The number of rotatable bonds is 7. The zero-order chi connectivity index (χ0) is 25.7. The fourth-order valence-electron chi connectivity index (χ4n) is 4.96.